The summed E-state index contributed by atoms with van der Waals surface area (Å²) in [6.45, 7) is 2.79. The average Bonchev–Trinajstić information content (AvgIpc) is 2.79. The summed E-state index contributed by atoms with van der Waals surface area (Å²) in [4.78, 5) is 23.7. The first-order valence-electron chi connectivity index (χ1n) is 10.3. The number of likely N-dealkylation sites (tertiary alicyclic amines) is 1. The van der Waals surface area contributed by atoms with E-state index in [0.29, 0.717) is 5.82 Å². The molecule has 3 heterocycles. The Morgan fingerprint density at radius 3 is 2.48 bits per heavy atom. The number of aromatic nitrogens is 1. The number of para-hydroxylation sites is 1. The van der Waals surface area contributed by atoms with E-state index in [1.165, 1.54) is 5.56 Å². The van der Waals surface area contributed by atoms with Crippen LogP contribution in [-0.2, 0) is 11.3 Å². The molecule has 0 aliphatic carbocycles. The summed E-state index contributed by atoms with van der Waals surface area (Å²) in [5, 5.41) is 0. The van der Waals surface area contributed by atoms with Crippen molar-refractivity contribution in [2.45, 2.75) is 35.3 Å². The minimum atomic E-state index is -0.343. The molecule has 160 valence electrons. The maximum absolute atomic E-state index is 13.2. The van der Waals surface area contributed by atoms with Gasteiger partial charge in [-0.2, -0.15) is 0 Å². The van der Waals surface area contributed by atoms with Crippen LogP contribution in [0.25, 0.3) is 0 Å². The van der Waals surface area contributed by atoms with Crippen LogP contribution >= 0.6 is 24.2 Å². The van der Waals surface area contributed by atoms with Crippen molar-refractivity contribution in [1.82, 2.24) is 9.88 Å². The van der Waals surface area contributed by atoms with Crippen LogP contribution in [-0.4, -0.2) is 35.2 Å². The highest BCUT2D eigenvalue weighted by Crippen LogP contribution is 2.47. The monoisotopic (exact) mass is 453 g/mol. The van der Waals surface area contributed by atoms with Gasteiger partial charge in [0.2, 0.25) is 0 Å². The molecule has 5 nitrogen and oxygen atoms in total. The average molecular weight is 454 g/mol. The van der Waals surface area contributed by atoms with Crippen molar-refractivity contribution in [3.8, 4) is 0 Å². The Kier molecular flexibility index (Phi) is 6.80. The third kappa shape index (κ3) is 4.71. The van der Waals surface area contributed by atoms with E-state index < -0.39 is 0 Å². The second kappa shape index (κ2) is 9.73. The zero-order valence-electron chi connectivity index (χ0n) is 17.0. The Hall–Kier alpha value is -2.54. The number of piperidine rings is 1. The second-order valence-corrected chi connectivity index (χ2v) is 8.66. The number of halogens is 1. The fourth-order valence-corrected chi connectivity index (χ4v) is 5.03. The van der Waals surface area contributed by atoms with Gasteiger partial charge in [0.05, 0.1) is 10.6 Å². The van der Waals surface area contributed by atoms with Crippen molar-refractivity contribution in [3.63, 3.8) is 0 Å². The lowest BCUT2D eigenvalue weighted by Gasteiger charge is -2.34. The van der Waals surface area contributed by atoms with Crippen LogP contribution in [0.4, 0.5) is 16.3 Å². The zero-order chi connectivity index (χ0) is 20.3. The van der Waals surface area contributed by atoms with Gasteiger partial charge in [-0.3, -0.25) is 4.90 Å². The van der Waals surface area contributed by atoms with Gasteiger partial charge in [-0.05, 0) is 42.7 Å². The van der Waals surface area contributed by atoms with E-state index in [1.54, 1.807) is 22.9 Å². The quantitative estimate of drug-likeness (QED) is 0.493. The molecule has 1 saturated heterocycles. The molecule has 1 fully saturated rings. The number of ether oxygens (including phenoxy) is 1. The van der Waals surface area contributed by atoms with Crippen LogP contribution in [0.5, 0.6) is 0 Å². The Labute approximate surface area is 192 Å². The van der Waals surface area contributed by atoms with Crippen molar-refractivity contribution in [3.05, 3.63) is 78.5 Å². The van der Waals surface area contributed by atoms with Crippen LogP contribution in [0.1, 0.15) is 18.4 Å². The van der Waals surface area contributed by atoms with Crippen molar-refractivity contribution >= 4 is 41.8 Å². The topological polar surface area (TPSA) is 45.7 Å². The lowest BCUT2D eigenvalue weighted by molar-refractivity contribution is 0.0538. The molecule has 0 saturated carbocycles. The molecule has 3 aromatic rings. The third-order valence-electron chi connectivity index (χ3n) is 5.52. The lowest BCUT2D eigenvalue weighted by atomic mass is 10.1. The SMILES string of the molecule is Cl.O=C(OC1CCN(Cc2ccccc2)CC1)N1c2ccccc2Sc2cccnc21. The molecule has 0 unspecified atom stereocenters. The van der Waals surface area contributed by atoms with Gasteiger partial charge in [-0.25, -0.2) is 14.7 Å². The number of rotatable bonds is 3. The maximum atomic E-state index is 13.2. The van der Waals surface area contributed by atoms with Gasteiger partial charge < -0.3 is 4.74 Å². The van der Waals surface area contributed by atoms with Gasteiger partial charge in [0.15, 0.2) is 5.82 Å². The van der Waals surface area contributed by atoms with Crippen LogP contribution < -0.4 is 4.90 Å². The van der Waals surface area contributed by atoms with Gasteiger partial charge in [0, 0.05) is 30.7 Å². The molecule has 0 radical (unpaired) electrons. The fraction of sp³-hybridized carbons (Fsp3) is 0.250. The van der Waals surface area contributed by atoms with E-state index in [1.807, 2.05) is 42.5 Å². The number of pyridine rings is 1. The molecular formula is C24H24ClN3O2S. The maximum Gasteiger partial charge on any atom is 0.420 e. The standard InChI is InChI=1S/C24H23N3O2S.ClH/c28-24(29-19-12-15-26(16-13-19)17-18-7-2-1-3-8-18)27-20-9-4-5-10-21(20)30-22-11-6-14-25-23(22)27;/h1-11,14,19H,12-13,15-17H2;1H. The van der Waals surface area contributed by atoms with E-state index in [-0.39, 0.29) is 24.6 Å². The first kappa shape index (κ1) is 21.7. The number of fused-ring (bicyclic) bond motifs is 2. The Bertz CT molecular complexity index is 996. The van der Waals surface area contributed by atoms with Crippen molar-refractivity contribution in [2.24, 2.45) is 0 Å². The van der Waals surface area contributed by atoms with Crippen LogP contribution in [0, 0.1) is 0 Å². The number of carbonyl (C=O) groups is 1. The number of hydrogen-bond donors (Lipinski definition) is 0. The summed E-state index contributed by atoms with van der Waals surface area (Å²) in [7, 11) is 0. The van der Waals surface area contributed by atoms with Crippen LogP contribution in [0.2, 0.25) is 0 Å². The molecule has 0 bridgehead atoms. The van der Waals surface area contributed by atoms with Crippen LogP contribution in [0.15, 0.2) is 82.7 Å². The molecule has 0 spiro atoms. The molecule has 0 N–H and O–H groups in total. The third-order valence-corrected chi connectivity index (χ3v) is 6.63. The minimum absolute atomic E-state index is 0. The molecule has 1 amide bonds. The highest BCUT2D eigenvalue weighted by molar-refractivity contribution is 7.99. The number of carbonyl (C=O) groups excluding carboxylic acids is 1. The van der Waals surface area contributed by atoms with E-state index in [0.717, 1.165) is 48.0 Å². The van der Waals surface area contributed by atoms with Crippen LogP contribution in [0.3, 0.4) is 0 Å². The van der Waals surface area contributed by atoms with E-state index in [4.69, 9.17) is 4.74 Å². The predicted molar refractivity (Wildman–Crippen MR) is 125 cm³/mol. The molecule has 2 aliphatic heterocycles. The number of benzene rings is 2. The lowest BCUT2D eigenvalue weighted by Crippen LogP contribution is -2.40. The van der Waals surface area contributed by atoms with Gasteiger partial charge in [-0.15, -0.1) is 12.4 Å². The smallest absolute Gasteiger partial charge is 0.420 e. The van der Waals surface area contributed by atoms with E-state index in [2.05, 4.69) is 34.1 Å². The molecule has 2 aromatic carbocycles. The van der Waals surface area contributed by atoms with Gasteiger partial charge in [0.25, 0.3) is 0 Å². The Morgan fingerprint density at radius 1 is 0.968 bits per heavy atom. The fourth-order valence-electron chi connectivity index (χ4n) is 4.00. The predicted octanol–water partition coefficient (Wildman–Crippen LogP) is 5.91. The molecular weight excluding hydrogens is 430 g/mol. The Balaban J connectivity index is 0.00000231. The number of anilines is 2. The molecule has 0 atom stereocenters. The summed E-state index contributed by atoms with van der Waals surface area (Å²) in [6.07, 6.45) is 2.99. The minimum Gasteiger partial charge on any atom is -0.445 e. The summed E-state index contributed by atoms with van der Waals surface area (Å²) in [6, 6.07) is 22.3. The zero-order valence-corrected chi connectivity index (χ0v) is 18.6. The number of nitrogens with zero attached hydrogens (tertiary/aromatic N) is 3. The molecule has 7 heteroatoms. The van der Waals surface area contributed by atoms with Gasteiger partial charge >= 0.3 is 6.09 Å². The first-order valence-corrected chi connectivity index (χ1v) is 11.1. The first-order chi connectivity index (χ1) is 14.8. The highest BCUT2D eigenvalue weighted by Gasteiger charge is 2.32. The molecule has 31 heavy (non-hydrogen) atoms. The number of hydrogen-bond acceptors (Lipinski definition) is 5. The molecule has 1 aromatic heterocycles. The van der Waals surface area contributed by atoms with E-state index in [9.17, 15) is 4.79 Å². The number of amides is 1. The Morgan fingerprint density at radius 2 is 1.68 bits per heavy atom. The van der Waals surface area contributed by atoms with Crippen molar-refractivity contribution in [2.75, 3.05) is 18.0 Å². The van der Waals surface area contributed by atoms with Gasteiger partial charge in [-0.1, -0.05) is 54.2 Å². The largest absolute Gasteiger partial charge is 0.445 e. The summed E-state index contributed by atoms with van der Waals surface area (Å²) >= 11 is 1.63. The summed E-state index contributed by atoms with van der Waals surface area (Å²) in [5.74, 6) is 0.646. The van der Waals surface area contributed by atoms with Crippen molar-refractivity contribution < 1.29 is 9.53 Å². The molecule has 5 rings (SSSR count). The van der Waals surface area contributed by atoms with Gasteiger partial charge in [0.1, 0.15) is 6.10 Å². The second-order valence-electron chi connectivity index (χ2n) is 7.58. The summed E-state index contributed by atoms with van der Waals surface area (Å²) in [5.41, 5.74) is 2.15. The normalized spacial score (nSPS) is 16.1. The summed E-state index contributed by atoms with van der Waals surface area (Å²) < 4.78 is 5.95. The highest BCUT2D eigenvalue weighted by atomic mass is 35.5. The molecule has 2 aliphatic rings. The van der Waals surface area contributed by atoms with Crippen molar-refractivity contribution in [1.29, 1.82) is 0 Å². The van der Waals surface area contributed by atoms with E-state index >= 15 is 0 Å².